The van der Waals surface area contributed by atoms with Crippen LogP contribution in [0.5, 0.6) is 0 Å². The number of anilines is 2. The van der Waals surface area contributed by atoms with Crippen molar-refractivity contribution in [1.82, 2.24) is 19.7 Å². The fourth-order valence-electron chi connectivity index (χ4n) is 6.90. The molecular weight excluding hydrogens is 668 g/mol. The molecule has 3 aliphatic rings. The summed E-state index contributed by atoms with van der Waals surface area (Å²) in [7, 11) is -1.43. The number of benzene rings is 1. The molecule has 0 radical (unpaired) electrons. The molecule has 6 rings (SSSR count). The van der Waals surface area contributed by atoms with Crippen LogP contribution in [0.25, 0.3) is 0 Å². The summed E-state index contributed by atoms with van der Waals surface area (Å²) in [5.41, 5.74) is -0.645. The molecule has 15 heteroatoms. The van der Waals surface area contributed by atoms with Crippen molar-refractivity contribution in [2.45, 2.75) is 82.6 Å². The number of ether oxygens (including phenoxy) is 2. The average Bonchev–Trinajstić information content (AvgIpc) is 3.70. The Kier molecular flexibility index (Phi) is 10.3. The van der Waals surface area contributed by atoms with Crippen LogP contribution in [0.15, 0.2) is 53.6 Å². The highest BCUT2D eigenvalue weighted by molar-refractivity contribution is 6.76. The lowest BCUT2D eigenvalue weighted by atomic mass is 9.97. The zero-order chi connectivity index (χ0) is 35.6. The molecule has 2 saturated heterocycles. The van der Waals surface area contributed by atoms with Crippen LogP contribution in [0.4, 0.5) is 24.7 Å². The van der Waals surface area contributed by atoms with E-state index in [2.05, 4.69) is 40.7 Å². The van der Waals surface area contributed by atoms with Crippen molar-refractivity contribution in [2.75, 3.05) is 42.6 Å². The van der Waals surface area contributed by atoms with Crippen LogP contribution in [0.2, 0.25) is 25.7 Å². The van der Waals surface area contributed by atoms with Crippen molar-refractivity contribution in [3.63, 3.8) is 0 Å². The van der Waals surface area contributed by atoms with Crippen LogP contribution in [0.1, 0.15) is 47.6 Å². The topological polar surface area (TPSA) is 117 Å². The Labute approximate surface area is 290 Å². The van der Waals surface area contributed by atoms with Gasteiger partial charge in [-0.25, -0.2) is 9.67 Å². The second kappa shape index (κ2) is 14.5. The summed E-state index contributed by atoms with van der Waals surface area (Å²) in [6, 6.07) is 13.2. The summed E-state index contributed by atoms with van der Waals surface area (Å²) in [6.45, 7) is 8.86. The first-order valence-corrected chi connectivity index (χ1v) is 20.7. The van der Waals surface area contributed by atoms with Gasteiger partial charge in [0.2, 0.25) is 5.91 Å². The van der Waals surface area contributed by atoms with Crippen LogP contribution in [0.3, 0.4) is 0 Å². The standard InChI is InChI=1S/C35H42F3N7O4Si/c1-50(2,3)17-16-48-23-45-34(47)32(35(36,37)38)28(21-41-45)44-22-25-6-4-5-7-27(25)33(44)29-10-9-26(49-29)18-31(46)43-14-12-42(13-15-43)30-11-8-24(19-39)20-40-30/h4-8,11,20-21,26,29,33H,9-10,12-18,22-23H2,1-3H3. The molecule has 0 aliphatic carbocycles. The zero-order valence-corrected chi connectivity index (χ0v) is 29.5. The first kappa shape index (κ1) is 35.6. The van der Waals surface area contributed by atoms with Crippen molar-refractivity contribution in [2.24, 2.45) is 0 Å². The number of fused-ring (bicyclic) bond motifs is 1. The Hall–Kier alpha value is -4.26. The lowest BCUT2D eigenvalue weighted by Crippen LogP contribution is -2.49. The van der Waals surface area contributed by atoms with Gasteiger partial charge in [0, 0.05) is 53.6 Å². The lowest BCUT2D eigenvalue weighted by Gasteiger charge is -2.36. The maximum atomic E-state index is 14.7. The number of nitriles is 1. The molecule has 3 unspecified atom stereocenters. The van der Waals surface area contributed by atoms with Gasteiger partial charge in [0.1, 0.15) is 24.2 Å². The molecule has 2 aromatic heterocycles. The largest absolute Gasteiger partial charge is 0.423 e. The molecule has 11 nitrogen and oxygen atoms in total. The number of alkyl halides is 3. The quantitative estimate of drug-likeness (QED) is 0.207. The van der Waals surface area contributed by atoms with E-state index in [1.165, 1.54) is 6.20 Å². The third kappa shape index (κ3) is 7.87. The van der Waals surface area contributed by atoms with E-state index in [0.717, 1.165) is 33.9 Å². The fourth-order valence-corrected chi connectivity index (χ4v) is 7.66. The number of pyridine rings is 1. The van der Waals surface area contributed by atoms with Crippen LogP contribution in [-0.2, 0) is 33.7 Å². The van der Waals surface area contributed by atoms with Gasteiger partial charge < -0.3 is 24.2 Å². The second-order valence-corrected chi connectivity index (χ2v) is 19.9. The number of halogens is 3. The number of carbonyl (C=O) groups is 1. The average molecular weight is 710 g/mol. The highest BCUT2D eigenvalue weighted by Gasteiger charge is 2.46. The van der Waals surface area contributed by atoms with Crippen molar-refractivity contribution in [3.8, 4) is 6.07 Å². The molecule has 0 N–H and O–H groups in total. The van der Waals surface area contributed by atoms with Gasteiger partial charge in [-0.1, -0.05) is 43.9 Å². The summed E-state index contributed by atoms with van der Waals surface area (Å²) < 4.78 is 56.8. The molecule has 5 heterocycles. The predicted molar refractivity (Wildman–Crippen MR) is 183 cm³/mol. The van der Waals surface area contributed by atoms with Crippen molar-refractivity contribution >= 4 is 25.5 Å². The van der Waals surface area contributed by atoms with Crippen LogP contribution >= 0.6 is 0 Å². The van der Waals surface area contributed by atoms with E-state index in [1.807, 2.05) is 24.3 Å². The van der Waals surface area contributed by atoms with E-state index in [1.54, 1.807) is 21.9 Å². The Balaban J connectivity index is 1.15. The molecule has 3 aliphatic heterocycles. The highest BCUT2D eigenvalue weighted by Crippen LogP contribution is 2.46. The molecule has 0 bridgehead atoms. The normalized spacial score (nSPS) is 21.0. The maximum absolute atomic E-state index is 14.7. The Morgan fingerprint density at radius 2 is 1.84 bits per heavy atom. The number of hydrogen-bond acceptors (Lipinski definition) is 9. The molecule has 1 amide bonds. The van der Waals surface area contributed by atoms with Gasteiger partial charge in [-0.3, -0.25) is 9.59 Å². The minimum atomic E-state index is -4.93. The van der Waals surface area contributed by atoms with Gasteiger partial charge in [0.05, 0.1) is 42.1 Å². The van der Waals surface area contributed by atoms with Gasteiger partial charge in [-0.15, -0.1) is 0 Å². The third-order valence-electron chi connectivity index (χ3n) is 9.61. The number of nitrogens with zero attached hydrogens (tertiary/aromatic N) is 7. The number of aromatic nitrogens is 3. The van der Waals surface area contributed by atoms with E-state index in [4.69, 9.17) is 14.7 Å². The smallest absolute Gasteiger partial charge is 0.372 e. The van der Waals surface area contributed by atoms with E-state index < -0.39 is 37.5 Å². The van der Waals surface area contributed by atoms with E-state index >= 15 is 0 Å². The predicted octanol–water partition coefficient (Wildman–Crippen LogP) is 5.19. The van der Waals surface area contributed by atoms with Crippen molar-refractivity contribution < 1.29 is 27.4 Å². The van der Waals surface area contributed by atoms with Crippen LogP contribution < -0.4 is 15.4 Å². The Morgan fingerprint density at radius 3 is 2.52 bits per heavy atom. The van der Waals surface area contributed by atoms with E-state index in [-0.39, 0.29) is 37.4 Å². The molecule has 2 fully saturated rings. The molecular formula is C35H42F3N7O4Si. The van der Waals surface area contributed by atoms with Crippen LogP contribution in [0, 0.1) is 11.3 Å². The summed E-state index contributed by atoms with van der Waals surface area (Å²) in [4.78, 5) is 36.5. The Morgan fingerprint density at radius 1 is 1.08 bits per heavy atom. The van der Waals surface area contributed by atoms with Gasteiger partial charge in [-0.05, 0) is 42.1 Å². The molecule has 50 heavy (non-hydrogen) atoms. The first-order chi connectivity index (χ1) is 23.8. The molecule has 3 atom stereocenters. The minimum Gasteiger partial charge on any atom is -0.372 e. The summed E-state index contributed by atoms with van der Waals surface area (Å²) in [5, 5.41) is 13.2. The molecule has 266 valence electrons. The zero-order valence-electron chi connectivity index (χ0n) is 28.5. The summed E-state index contributed by atoms with van der Waals surface area (Å²) >= 11 is 0. The summed E-state index contributed by atoms with van der Waals surface area (Å²) in [6.07, 6.45) is -1.87. The molecule has 0 spiro atoms. The SMILES string of the molecule is C[Si](C)(C)CCOCn1ncc(N2Cc3ccccc3C2C2CCC(CC(=O)N3CCN(c4ccc(C#N)cn4)CC3)O2)c(C(F)(F)F)c1=O. The van der Waals surface area contributed by atoms with E-state index in [0.29, 0.717) is 51.2 Å². The number of piperazine rings is 1. The number of amides is 1. The monoisotopic (exact) mass is 709 g/mol. The van der Waals surface area contributed by atoms with Gasteiger partial charge >= 0.3 is 6.18 Å². The summed E-state index contributed by atoms with van der Waals surface area (Å²) in [5.74, 6) is 0.720. The third-order valence-corrected chi connectivity index (χ3v) is 11.3. The van der Waals surface area contributed by atoms with Gasteiger partial charge in [0.25, 0.3) is 5.56 Å². The molecule has 1 aromatic carbocycles. The lowest BCUT2D eigenvalue weighted by molar-refractivity contribution is -0.139. The first-order valence-electron chi connectivity index (χ1n) is 17.0. The van der Waals surface area contributed by atoms with E-state index in [9.17, 15) is 22.8 Å². The van der Waals surface area contributed by atoms with Gasteiger partial charge in [-0.2, -0.15) is 23.5 Å². The number of hydrogen-bond donors (Lipinski definition) is 0. The minimum absolute atomic E-state index is 0.0361. The Bertz CT molecular complexity index is 1780. The molecule has 3 aromatic rings. The fraction of sp³-hybridized carbons (Fsp3) is 0.514. The van der Waals surface area contributed by atoms with Crippen LogP contribution in [-0.4, -0.2) is 78.6 Å². The van der Waals surface area contributed by atoms with Crippen molar-refractivity contribution in [3.05, 3.63) is 81.4 Å². The second-order valence-electron chi connectivity index (χ2n) is 14.3. The molecule has 0 saturated carbocycles. The number of rotatable bonds is 10. The maximum Gasteiger partial charge on any atom is 0.423 e. The number of carbonyl (C=O) groups excluding carboxylic acids is 1. The van der Waals surface area contributed by atoms with Gasteiger partial charge in [0.15, 0.2) is 0 Å². The highest BCUT2D eigenvalue weighted by atomic mass is 28.3. The van der Waals surface area contributed by atoms with Crippen molar-refractivity contribution in [1.29, 1.82) is 5.26 Å².